The van der Waals surface area contributed by atoms with Crippen LogP contribution in [0, 0.1) is 0 Å². The molecule has 0 amide bonds. The number of rotatable bonds is 4. The Kier molecular flexibility index (Phi) is 5.62. The fourth-order valence-corrected chi connectivity index (χ4v) is 5.94. The first-order valence-electron chi connectivity index (χ1n) is 11.8. The topological polar surface area (TPSA) is 85.8 Å². The number of nitrogen functional groups attached to an aromatic ring is 1. The summed E-state index contributed by atoms with van der Waals surface area (Å²) < 4.78 is 1.89. The number of hydrogen-bond donors (Lipinski definition) is 2. The van der Waals surface area contributed by atoms with Crippen LogP contribution in [0.4, 0.5) is 17.3 Å². The van der Waals surface area contributed by atoms with Gasteiger partial charge in [0.2, 0.25) is 5.95 Å². The summed E-state index contributed by atoms with van der Waals surface area (Å²) in [6.45, 7) is 0. The van der Waals surface area contributed by atoms with Crippen molar-refractivity contribution in [2.75, 3.05) is 22.6 Å². The number of fused-ring (bicyclic) bond motifs is 2. The Balaban J connectivity index is 1.57. The second-order valence-electron chi connectivity index (χ2n) is 8.81. The van der Waals surface area contributed by atoms with E-state index >= 15 is 0 Å². The second-order valence-corrected chi connectivity index (χ2v) is 10.0. The van der Waals surface area contributed by atoms with E-state index in [1.54, 1.807) is 6.07 Å². The Hall–Kier alpha value is -3.84. The van der Waals surface area contributed by atoms with Crippen LogP contribution in [0.5, 0.6) is 0 Å². The smallest absolute Gasteiger partial charge is 0.253 e. The van der Waals surface area contributed by atoms with Gasteiger partial charge in [0.1, 0.15) is 5.65 Å². The van der Waals surface area contributed by atoms with Gasteiger partial charge in [-0.25, -0.2) is 4.98 Å². The summed E-state index contributed by atoms with van der Waals surface area (Å²) in [6, 6.07) is 23.8. The zero-order valence-electron chi connectivity index (χ0n) is 19.1. The maximum absolute atomic E-state index is 13.6. The highest BCUT2D eigenvalue weighted by atomic mass is 32.2. The fourth-order valence-electron chi connectivity index (χ4n) is 4.86. The average Bonchev–Trinajstić information content (AvgIpc) is 2.90. The lowest BCUT2D eigenvalue weighted by Gasteiger charge is -2.25. The van der Waals surface area contributed by atoms with Crippen molar-refractivity contribution < 1.29 is 0 Å². The third-order valence-corrected chi connectivity index (χ3v) is 7.64. The lowest BCUT2D eigenvalue weighted by Crippen LogP contribution is -2.28. The van der Waals surface area contributed by atoms with Gasteiger partial charge < -0.3 is 11.1 Å². The Morgan fingerprint density at radius 1 is 0.914 bits per heavy atom. The van der Waals surface area contributed by atoms with Crippen LogP contribution < -0.4 is 16.6 Å². The Labute approximate surface area is 207 Å². The number of hydrogen-bond acceptors (Lipinski definition) is 6. The Morgan fingerprint density at radius 3 is 2.51 bits per heavy atom. The molecular formula is C28H25N5OS. The van der Waals surface area contributed by atoms with Crippen LogP contribution in [0.2, 0.25) is 0 Å². The minimum absolute atomic E-state index is 0.0190. The molecule has 0 saturated carbocycles. The molecule has 5 aromatic rings. The summed E-state index contributed by atoms with van der Waals surface area (Å²) in [6.07, 6.45) is 3.75. The molecular weight excluding hydrogens is 454 g/mol. The summed E-state index contributed by atoms with van der Waals surface area (Å²) in [7, 11) is 0. The minimum Gasteiger partial charge on any atom is -0.399 e. The van der Waals surface area contributed by atoms with Gasteiger partial charge in [-0.2, -0.15) is 16.7 Å². The monoisotopic (exact) mass is 479 g/mol. The van der Waals surface area contributed by atoms with Crippen molar-refractivity contribution in [1.82, 2.24) is 14.5 Å². The van der Waals surface area contributed by atoms with Crippen LogP contribution in [0.1, 0.15) is 18.9 Å². The zero-order valence-corrected chi connectivity index (χ0v) is 20.0. The van der Waals surface area contributed by atoms with Crippen LogP contribution in [0.25, 0.3) is 32.9 Å². The van der Waals surface area contributed by atoms with E-state index in [4.69, 9.17) is 10.7 Å². The zero-order chi connectivity index (χ0) is 23.8. The average molecular weight is 480 g/mol. The molecule has 0 spiro atoms. The van der Waals surface area contributed by atoms with E-state index in [1.807, 2.05) is 65.0 Å². The molecule has 1 aliphatic heterocycles. The number of thioether (sulfide) groups is 1. The molecule has 35 heavy (non-hydrogen) atoms. The third-order valence-electron chi connectivity index (χ3n) is 6.59. The highest BCUT2D eigenvalue weighted by molar-refractivity contribution is 7.99. The summed E-state index contributed by atoms with van der Waals surface area (Å²) in [5.41, 5.74) is 9.89. The summed E-state index contributed by atoms with van der Waals surface area (Å²) in [5.74, 6) is 2.55. The first-order valence-corrected chi connectivity index (χ1v) is 12.9. The molecule has 1 saturated heterocycles. The predicted molar refractivity (Wildman–Crippen MR) is 146 cm³/mol. The van der Waals surface area contributed by atoms with E-state index in [0.717, 1.165) is 57.3 Å². The maximum Gasteiger partial charge on any atom is 0.253 e. The molecule has 1 fully saturated rings. The van der Waals surface area contributed by atoms with Gasteiger partial charge in [-0.05, 0) is 64.9 Å². The summed E-state index contributed by atoms with van der Waals surface area (Å²) in [5, 5.41) is 6.38. The van der Waals surface area contributed by atoms with Gasteiger partial charge in [-0.15, -0.1) is 0 Å². The van der Waals surface area contributed by atoms with Gasteiger partial charge >= 0.3 is 0 Å². The van der Waals surface area contributed by atoms with Crippen molar-refractivity contribution >= 4 is 50.9 Å². The van der Waals surface area contributed by atoms with Gasteiger partial charge in [0, 0.05) is 40.6 Å². The number of nitrogens with one attached hydrogen (secondary N) is 1. The molecule has 0 radical (unpaired) electrons. The van der Waals surface area contributed by atoms with E-state index in [9.17, 15) is 4.79 Å². The largest absolute Gasteiger partial charge is 0.399 e. The summed E-state index contributed by atoms with van der Waals surface area (Å²) in [4.78, 5) is 23.2. The van der Waals surface area contributed by atoms with Crippen LogP contribution >= 0.6 is 11.8 Å². The first kappa shape index (κ1) is 21.7. The minimum atomic E-state index is -0.0190. The molecule has 0 unspecified atom stereocenters. The van der Waals surface area contributed by atoms with Gasteiger partial charge in [-0.3, -0.25) is 9.36 Å². The highest BCUT2D eigenvalue weighted by Crippen LogP contribution is 2.35. The van der Waals surface area contributed by atoms with Gasteiger partial charge in [0.15, 0.2) is 0 Å². The van der Waals surface area contributed by atoms with Crippen LogP contribution in [0.15, 0.2) is 83.8 Å². The maximum atomic E-state index is 13.6. The van der Waals surface area contributed by atoms with Gasteiger partial charge in [-0.1, -0.05) is 42.5 Å². The van der Waals surface area contributed by atoms with E-state index in [2.05, 4.69) is 34.6 Å². The molecule has 0 aliphatic carbocycles. The van der Waals surface area contributed by atoms with Crippen molar-refractivity contribution in [3.63, 3.8) is 0 Å². The molecule has 3 heterocycles. The van der Waals surface area contributed by atoms with E-state index in [1.165, 1.54) is 0 Å². The molecule has 6 rings (SSSR count). The molecule has 1 aliphatic rings. The molecule has 0 bridgehead atoms. The van der Waals surface area contributed by atoms with Crippen molar-refractivity contribution in [1.29, 1.82) is 0 Å². The normalized spacial score (nSPS) is 14.4. The van der Waals surface area contributed by atoms with Crippen LogP contribution in [0.3, 0.4) is 0 Å². The SMILES string of the molecule is Nc1ccc(Nc2ncc3c(-c4cccc5ccccc45)cc(=O)n(C4CCSCC4)c3n2)cc1. The number of nitrogens with zero attached hydrogens (tertiary/aromatic N) is 3. The first-order chi connectivity index (χ1) is 17.2. The molecule has 3 N–H and O–H groups in total. The molecule has 7 heteroatoms. The molecule has 2 aromatic heterocycles. The van der Waals surface area contributed by atoms with Crippen molar-refractivity contribution in [2.45, 2.75) is 18.9 Å². The molecule has 6 nitrogen and oxygen atoms in total. The van der Waals surface area contributed by atoms with Gasteiger partial charge in [0.05, 0.1) is 0 Å². The molecule has 3 aromatic carbocycles. The number of anilines is 3. The number of pyridine rings is 1. The Bertz CT molecular complexity index is 1580. The van der Waals surface area contributed by atoms with E-state index < -0.39 is 0 Å². The van der Waals surface area contributed by atoms with Crippen molar-refractivity contribution in [3.05, 3.63) is 89.3 Å². The van der Waals surface area contributed by atoms with Crippen molar-refractivity contribution in [2.24, 2.45) is 0 Å². The second kappa shape index (κ2) is 9.07. The van der Waals surface area contributed by atoms with Crippen molar-refractivity contribution in [3.8, 4) is 11.1 Å². The number of aromatic nitrogens is 3. The number of nitrogens with two attached hydrogens (primary N) is 1. The number of benzene rings is 3. The van der Waals surface area contributed by atoms with E-state index in [-0.39, 0.29) is 11.6 Å². The quantitative estimate of drug-likeness (QED) is 0.307. The standard InChI is InChI=1S/C28H25N5OS/c29-19-8-10-20(11-9-19)31-28-30-17-25-24(23-7-3-5-18-4-1-2-6-22(18)23)16-26(34)33(27(25)32-28)21-12-14-35-15-13-21/h1-11,16-17,21H,12-15,29H2,(H,30,31,32). The fraction of sp³-hybridized carbons (Fsp3) is 0.179. The lowest BCUT2D eigenvalue weighted by molar-refractivity contribution is 0.468. The Morgan fingerprint density at radius 2 is 1.69 bits per heavy atom. The highest BCUT2D eigenvalue weighted by Gasteiger charge is 2.22. The summed E-state index contributed by atoms with van der Waals surface area (Å²) >= 11 is 1.94. The van der Waals surface area contributed by atoms with Gasteiger partial charge in [0.25, 0.3) is 5.56 Å². The molecule has 174 valence electrons. The molecule has 0 atom stereocenters. The van der Waals surface area contributed by atoms with E-state index in [0.29, 0.717) is 17.3 Å². The third kappa shape index (κ3) is 4.12. The lowest BCUT2D eigenvalue weighted by atomic mass is 9.96. The van der Waals surface area contributed by atoms with Crippen LogP contribution in [-0.4, -0.2) is 26.0 Å². The van der Waals surface area contributed by atoms with Crippen LogP contribution in [-0.2, 0) is 0 Å². The predicted octanol–water partition coefficient (Wildman–Crippen LogP) is 6.01.